The van der Waals surface area contributed by atoms with Gasteiger partial charge in [-0.25, -0.2) is 0 Å². The molecule has 0 aromatic heterocycles. The van der Waals surface area contributed by atoms with Crippen LogP contribution in [-0.2, 0) is 4.79 Å². The Labute approximate surface area is 142 Å². The van der Waals surface area contributed by atoms with Gasteiger partial charge in [0.05, 0.1) is 17.3 Å². The maximum atomic E-state index is 11.4. The molecule has 1 saturated heterocycles. The van der Waals surface area contributed by atoms with Crippen LogP contribution in [0.2, 0.25) is 0 Å². The van der Waals surface area contributed by atoms with Crippen molar-refractivity contribution in [3.63, 3.8) is 0 Å². The standard InChI is InChI=1S/C18H23N3O3/c1-11(22)20-14-9-15-13(8-12(14)10-19)16(21-6-4-5-7-21)17(23)18(2,3)24-15/h8-9,16-17,23H,4-7H2,1-3H3,(H,20,22)/t16-,17+/m1/s1. The van der Waals surface area contributed by atoms with E-state index in [-0.39, 0.29) is 11.9 Å². The number of fused-ring (bicyclic) bond motifs is 1. The Kier molecular flexibility index (Phi) is 4.24. The van der Waals surface area contributed by atoms with Gasteiger partial charge in [-0.05, 0) is 45.8 Å². The van der Waals surface area contributed by atoms with E-state index in [0.717, 1.165) is 31.5 Å². The number of carbonyl (C=O) groups is 1. The summed E-state index contributed by atoms with van der Waals surface area (Å²) in [5.74, 6) is 0.377. The Morgan fingerprint density at radius 2 is 2.08 bits per heavy atom. The van der Waals surface area contributed by atoms with E-state index in [1.807, 2.05) is 13.8 Å². The van der Waals surface area contributed by atoms with Gasteiger partial charge in [0, 0.05) is 18.6 Å². The van der Waals surface area contributed by atoms with E-state index < -0.39 is 11.7 Å². The lowest BCUT2D eigenvalue weighted by Crippen LogP contribution is -2.53. The van der Waals surface area contributed by atoms with Crippen LogP contribution in [0.15, 0.2) is 12.1 Å². The molecule has 1 fully saturated rings. The van der Waals surface area contributed by atoms with Crippen LogP contribution in [-0.4, -0.2) is 40.7 Å². The number of ether oxygens (including phenoxy) is 1. The highest BCUT2D eigenvalue weighted by Crippen LogP contribution is 2.45. The van der Waals surface area contributed by atoms with E-state index in [2.05, 4.69) is 16.3 Å². The molecule has 6 nitrogen and oxygen atoms in total. The van der Waals surface area contributed by atoms with Crippen molar-refractivity contribution in [3.05, 3.63) is 23.3 Å². The smallest absolute Gasteiger partial charge is 0.221 e. The molecule has 0 saturated carbocycles. The Morgan fingerprint density at radius 3 is 2.67 bits per heavy atom. The molecule has 0 radical (unpaired) electrons. The van der Waals surface area contributed by atoms with Crippen molar-refractivity contribution in [2.45, 2.75) is 51.4 Å². The van der Waals surface area contributed by atoms with E-state index in [9.17, 15) is 15.2 Å². The third-order valence-corrected chi connectivity index (χ3v) is 4.82. The normalized spacial score (nSPS) is 25.5. The van der Waals surface area contributed by atoms with E-state index in [1.54, 1.807) is 12.1 Å². The predicted molar refractivity (Wildman–Crippen MR) is 89.7 cm³/mol. The van der Waals surface area contributed by atoms with Crippen molar-refractivity contribution in [2.24, 2.45) is 0 Å². The first-order valence-electron chi connectivity index (χ1n) is 8.30. The molecule has 0 spiro atoms. The zero-order valence-electron chi connectivity index (χ0n) is 14.3. The highest BCUT2D eigenvalue weighted by molar-refractivity contribution is 5.90. The fourth-order valence-corrected chi connectivity index (χ4v) is 3.61. The molecule has 3 rings (SSSR count). The lowest BCUT2D eigenvalue weighted by Gasteiger charge is -2.45. The largest absolute Gasteiger partial charge is 0.485 e. The van der Waals surface area contributed by atoms with Crippen LogP contribution in [0.5, 0.6) is 5.75 Å². The van der Waals surface area contributed by atoms with Crippen LogP contribution in [0, 0.1) is 11.3 Å². The Balaban J connectivity index is 2.11. The van der Waals surface area contributed by atoms with Gasteiger partial charge in [-0.3, -0.25) is 9.69 Å². The SMILES string of the molecule is CC(=O)Nc1cc2c(cc1C#N)[C@@H](N1CCCC1)[C@H](O)C(C)(C)O2. The molecule has 1 aromatic rings. The number of benzene rings is 1. The molecule has 2 N–H and O–H groups in total. The number of aliphatic hydroxyl groups is 1. The molecule has 0 unspecified atom stereocenters. The van der Waals surface area contributed by atoms with Crippen molar-refractivity contribution in [1.29, 1.82) is 5.26 Å². The number of amides is 1. The van der Waals surface area contributed by atoms with Gasteiger partial charge in [-0.15, -0.1) is 0 Å². The summed E-state index contributed by atoms with van der Waals surface area (Å²) >= 11 is 0. The van der Waals surface area contributed by atoms with Crippen LogP contribution in [0.1, 0.15) is 50.8 Å². The van der Waals surface area contributed by atoms with Crippen molar-refractivity contribution < 1.29 is 14.6 Å². The summed E-state index contributed by atoms with van der Waals surface area (Å²) in [5, 5.41) is 23.0. The minimum Gasteiger partial charge on any atom is -0.485 e. The fourth-order valence-electron chi connectivity index (χ4n) is 3.61. The summed E-state index contributed by atoms with van der Waals surface area (Å²) in [6.07, 6.45) is 1.52. The monoisotopic (exact) mass is 329 g/mol. The molecular weight excluding hydrogens is 306 g/mol. The minimum absolute atomic E-state index is 0.204. The molecule has 0 aliphatic carbocycles. The number of likely N-dealkylation sites (tertiary alicyclic amines) is 1. The van der Waals surface area contributed by atoms with Gasteiger partial charge in [0.1, 0.15) is 23.5 Å². The third-order valence-electron chi connectivity index (χ3n) is 4.82. The molecule has 2 aliphatic rings. The van der Waals surface area contributed by atoms with Crippen LogP contribution >= 0.6 is 0 Å². The van der Waals surface area contributed by atoms with Gasteiger partial charge in [0.25, 0.3) is 0 Å². The second kappa shape index (κ2) is 6.08. The summed E-state index contributed by atoms with van der Waals surface area (Å²) in [4.78, 5) is 13.6. The molecule has 2 heterocycles. The second-order valence-corrected chi connectivity index (χ2v) is 7.07. The zero-order valence-corrected chi connectivity index (χ0v) is 14.3. The quantitative estimate of drug-likeness (QED) is 0.868. The molecule has 1 aromatic carbocycles. The van der Waals surface area contributed by atoms with Crippen molar-refractivity contribution in [3.8, 4) is 11.8 Å². The van der Waals surface area contributed by atoms with Crippen LogP contribution < -0.4 is 10.1 Å². The molecule has 0 bridgehead atoms. The van der Waals surface area contributed by atoms with Gasteiger partial charge in [0.2, 0.25) is 5.91 Å². The molecule has 1 amide bonds. The zero-order chi connectivity index (χ0) is 17.5. The summed E-state index contributed by atoms with van der Waals surface area (Å²) in [5.41, 5.74) is 0.885. The van der Waals surface area contributed by atoms with Crippen molar-refractivity contribution >= 4 is 11.6 Å². The van der Waals surface area contributed by atoms with E-state index >= 15 is 0 Å². The first kappa shape index (κ1) is 16.7. The summed E-state index contributed by atoms with van der Waals surface area (Å²) < 4.78 is 6.01. The fraction of sp³-hybridized carbons (Fsp3) is 0.556. The van der Waals surface area contributed by atoms with Gasteiger partial charge in [0.15, 0.2) is 0 Å². The molecule has 2 aliphatic heterocycles. The van der Waals surface area contributed by atoms with Gasteiger partial charge < -0.3 is 15.2 Å². The van der Waals surface area contributed by atoms with Crippen LogP contribution in [0.25, 0.3) is 0 Å². The lowest BCUT2D eigenvalue weighted by molar-refractivity contribution is -0.114. The van der Waals surface area contributed by atoms with Crippen LogP contribution in [0.3, 0.4) is 0 Å². The summed E-state index contributed by atoms with van der Waals surface area (Å²) in [7, 11) is 0. The van der Waals surface area contributed by atoms with Crippen molar-refractivity contribution in [2.75, 3.05) is 18.4 Å². The first-order valence-corrected chi connectivity index (χ1v) is 8.30. The van der Waals surface area contributed by atoms with E-state index in [0.29, 0.717) is 17.0 Å². The maximum absolute atomic E-state index is 11.4. The number of nitrogens with zero attached hydrogens (tertiary/aromatic N) is 2. The number of nitrogens with one attached hydrogen (secondary N) is 1. The van der Waals surface area contributed by atoms with Gasteiger partial charge >= 0.3 is 0 Å². The highest BCUT2D eigenvalue weighted by atomic mass is 16.5. The minimum atomic E-state index is -0.748. The number of anilines is 1. The number of hydrogen-bond acceptors (Lipinski definition) is 5. The first-order chi connectivity index (χ1) is 11.3. The summed E-state index contributed by atoms with van der Waals surface area (Å²) in [6, 6.07) is 5.36. The molecular formula is C18H23N3O3. The maximum Gasteiger partial charge on any atom is 0.221 e. The highest BCUT2D eigenvalue weighted by Gasteiger charge is 2.46. The third kappa shape index (κ3) is 2.85. The summed E-state index contributed by atoms with van der Waals surface area (Å²) in [6.45, 7) is 6.97. The van der Waals surface area contributed by atoms with Crippen LogP contribution in [0.4, 0.5) is 5.69 Å². The second-order valence-electron chi connectivity index (χ2n) is 7.07. The Morgan fingerprint density at radius 1 is 1.42 bits per heavy atom. The van der Waals surface area contributed by atoms with E-state index in [4.69, 9.17) is 4.74 Å². The Hall–Kier alpha value is -2.10. The number of aliphatic hydroxyl groups excluding tert-OH is 1. The Bertz CT molecular complexity index is 702. The number of carbonyl (C=O) groups excluding carboxylic acids is 1. The lowest BCUT2D eigenvalue weighted by atomic mass is 9.84. The van der Waals surface area contributed by atoms with Gasteiger partial charge in [-0.2, -0.15) is 5.26 Å². The molecule has 128 valence electrons. The number of nitriles is 1. The molecule has 2 atom stereocenters. The molecule has 6 heteroatoms. The van der Waals surface area contributed by atoms with E-state index in [1.165, 1.54) is 6.92 Å². The topological polar surface area (TPSA) is 85.6 Å². The predicted octanol–water partition coefficient (Wildman–Crippen LogP) is 2.19. The van der Waals surface area contributed by atoms with Crippen molar-refractivity contribution in [1.82, 2.24) is 4.90 Å². The average molecular weight is 329 g/mol. The number of hydrogen-bond donors (Lipinski definition) is 2. The van der Waals surface area contributed by atoms with Gasteiger partial charge in [-0.1, -0.05) is 0 Å². The average Bonchev–Trinajstić information content (AvgIpc) is 3.01. The number of rotatable bonds is 2. The molecule has 24 heavy (non-hydrogen) atoms.